The van der Waals surface area contributed by atoms with E-state index in [1.165, 1.54) is 4.57 Å². The lowest BCUT2D eigenvalue weighted by molar-refractivity contribution is 0.295. The maximum absolute atomic E-state index is 11.6. The zero-order valence-electron chi connectivity index (χ0n) is 10.0. The average molecular weight is 243 g/mol. The Hall–Kier alpha value is -2.48. The number of nitriles is 1. The summed E-state index contributed by atoms with van der Waals surface area (Å²) in [4.78, 5) is 11.6. The predicted octanol–water partition coefficient (Wildman–Crippen LogP) is 1.14. The molecule has 2 rings (SSSR count). The minimum atomic E-state index is -0.0767. The molecule has 0 fully saturated rings. The molecule has 0 unspecified atom stereocenters. The van der Waals surface area contributed by atoms with Crippen LogP contribution in [0.15, 0.2) is 41.5 Å². The number of nitrogens with zero attached hydrogens (tertiary/aromatic N) is 3. The van der Waals surface area contributed by atoms with Crippen molar-refractivity contribution in [3.05, 3.63) is 52.7 Å². The highest BCUT2D eigenvalue weighted by Crippen LogP contribution is 2.16. The minimum Gasteiger partial charge on any atom is -0.490 e. The Kier molecular flexibility index (Phi) is 3.49. The monoisotopic (exact) mass is 243 g/mol. The molecule has 0 saturated carbocycles. The molecular weight excluding hydrogens is 230 g/mol. The standard InChI is InChI=1S/C13H13N3O2/c1-15-6-7-16(13(15)17)8-9-18-12-5-3-2-4-11(12)10-14/h2-7H,8-9H2,1H3. The molecule has 5 heteroatoms. The zero-order chi connectivity index (χ0) is 13.0. The molecule has 1 aromatic carbocycles. The fraction of sp³-hybridized carbons (Fsp3) is 0.231. The van der Waals surface area contributed by atoms with Gasteiger partial charge in [-0.05, 0) is 12.1 Å². The molecule has 1 aromatic heterocycles. The highest BCUT2D eigenvalue weighted by atomic mass is 16.5. The van der Waals surface area contributed by atoms with Gasteiger partial charge in [0.1, 0.15) is 18.4 Å². The van der Waals surface area contributed by atoms with E-state index in [0.29, 0.717) is 24.5 Å². The molecule has 0 aliphatic heterocycles. The van der Waals surface area contributed by atoms with Crippen molar-refractivity contribution in [1.82, 2.24) is 9.13 Å². The van der Waals surface area contributed by atoms with Gasteiger partial charge in [0.15, 0.2) is 0 Å². The second-order valence-electron chi connectivity index (χ2n) is 3.84. The van der Waals surface area contributed by atoms with Crippen molar-refractivity contribution < 1.29 is 4.74 Å². The van der Waals surface area contributed by atoms with Gasteiger partial charge in [-0.1, -0.05) is 12.1 Å². The van der Waals surface area contributed by atoms with Crippen LogP contribution >= 0.6 is 0 Å². The summed E-state index contributed by atoms with van der Waals surface area (Å²) in [6, 6.07) is 9.10. The summed E-state index contributed by atoms with van der Waals surface area (Å²) in [5.41, 5.74) is 0.421. The van der Waals surface area contributed by atoms with Gasteiger partial charge in [0.2, 0.25) is 0 Å². The molecule has 5 nitrogen and oxygen atoms in total. The molecule has 1 heterocycles. The Morgan fingerprint density at radius 2 is 2.11 bits per heavy atom. The van der Waals surface area contributed by atoms with E-state index in [0.717, 1.165) is 0 Å². The molecule has 0 N–H and O–H groups in total. The van der Waals surface area contributed by atoms with Crippen molar-refractivity contribution in [2.24, 2.45) is 7.05 Å². The number of hydrogen-bond donors (Lipinski definition) is 0. The summed E-state index contributed by atoms with van der Waals surface area (Å²) in [6.45, 7) is 0.808. The van der Waals surface area contributed by atoms with E-state index in [1.807, 2.05) is 6.07 Å². The van der Waals surface area contributed by atoms with Gasteiger partial charge in [-0.25, -0.2) is 4.79 Å². The first kappa shape index (κ1) is 12.0. The third kappa shape index (κ3) is 2.43. The van der Waals surface area contributed by atoms with Crippen molar-refractivity contribution >= 4 is 0 Å². The quantitative estimate of drug-likeness (QED) is 0.809. The van der Waals surface area contributed by atoms with Gasteiger partial charge in [0.25, 0.3) is 0 Å². The Morgan fingerprint density at radius 1 is 1.33 bits per heavy atom. The molecule has 0 radical (unpaired) electrons. The first-order valence-electron chi connectivity index (χ1n) is 5.56. The van der Waals surface area contributed by atoms with Crippen LogP contribution in [0.2, 0.25) is 0 Å². The lowest BCUT2D eigenvalue weighted by Gasteiger charge is -2.07. The number of hydrogen-bond acceptors (Lipinski definition) is 3. The van der Waals surface area contributed by atoms with Gasteiger partial charge in [0, 0.05) is 19.4 Å². The molecule has 18 heavy (non-hydrogen) atoms. The van der Waals surface area contributed by atoms with Crippen LogP contribution in [0.3, 0.4) is 0 Å². The van der Waals surface area contributed by atoms with E-state index >= 15 is 0 Å². The molecule has 0 aliphatic carbocycles. The van der Waals surface area contributed by atoms with Crippen LogP contribution in [-0.2, 0) is 13.6 Å². The van der Waals surface area contributed by atoms with Crippen molar-refractivity contribution in [2.45, 2.75) is 6.54 Å². The van der Waals surface area contributed by atoms with Crippen molar-refractivity contribution in [1.29, 1.82) is 5.26 Å². The van der Waals surface area contributed by atoms with Crippen molar-refractivity contribution in [3.63, 3.8) is 0 Å². The molecule has 0 saturated heterocycles. The Morgan fingerprint density at radius 3 is 2.78 bits per heavy atom. The molecule has 0 atom stereocenters. The van der Waals surface area contributed by atoms with E-state index in [-0.39, 0.29) is 5.69 Å². The van der Waals surface area contributed by atoms with Crippen LogP contribution in [0.25, 0.3) is 0 Å². The molecule has 2 aromatic rings. The van der Waals surface area contributed by atoms with E-state index in [1.54, 1.807) is 42.2 Å². The van der Waals surface area contributed by atoms with Gasteiger partial charge in [-0.2, -0.15) is 5.26 Å². The van der Waals surface area contributed by atoms with Crippen molar-refractivity contribution in [3.8, 4) is 11.8 Å². The maximum atomic E-state index is 11.6. The van der Waals surface area contributed by atoms with E-state index < -0.39 is 0 Å². The number of ether oxygens (including phenoxy) is 1. The number of aromatic nitrogens is 2. The van der Waals surface area contributed by atoms with Gasteiger partial charge >= 0.3 is 5.69 Å². The topological polar surface area (TPSA) is 59.9 Å². The minimum absolute atomic E-state index is 0.0767. The maximum Gasteiger partial charge on any atom is 0.327 e. The summed E-state index contributed by atoms with van der Waals surface area (Å²) in [5, 5.41) is 8.89. The van der Waals surface area contributed by atoms with E-state index in [4.69, 9.17) is 10.00 Å². The summed E-state index contributed by atoms with van der Waals surface area (Å²) < 4.78 is 8.57. The van der Waals surface area contributed by atoms with Crippen LogP contribution in [0.1, 0.15) is 5.56 Å². The fourth-order valence-electron chi connectivity index (χ4n) is 1.62. The number of para-hydroxylation sites is 1. The van der Waals surface area contributed by atoms with Crippen LogP contribution in [0.4, 0.5) is 0 Å². The summed E-state index contributed by atoms with van der Waals surface area (Å²) >= 11 is 0. The van der Waals surface area contributed by atoms with Crippen LogP contribution < -0.4 is 10.4 Å². The molecular formula is C13H13N3O2. The zero-order valence-corrected chi connectivity index (χ0v) is 10.0. The Balaban J connectivity index is 1.99. The van der Waals surface area contributed by atoms with Crippen LogP contribution in [0.5, 0.6) is 5.75 Å². The third-order valence-electron chi connectivity index (χ3n) is 2.61. The van der Waals surface area contributed by atoms with Crippen LogP contribution in [0, 0.1) is 11.3 Å². The fourth-order valence-corrected chi connectivity index (χ4v) is 1.62. The molecule has 0 spiro atoms. The summed E-state index contributed by atoms with van der Waals surface area (Å²) in [5.74, 6) is 0.545. The lowest BCUT2D eigenvalue weighted by atomic mass is 10.2. The third-order valence-corrected chi connectivity index (χ3v) is 2.61. The second kappa shape index (κ2) is 5.23. The smallest absolute Gasteiger partial charge is 0.327 e. The van der Waals surface area contributed by atoms with Crippen LogP contribution in [-0.4, -0.2) is 15.7 Å². The second-order valence-corrected chi connectivity index (χ2v) is 3.84. The van der Waals surface area contributed by atoms with Gasteiger partial charge in [0.05, 0.1) is 12.1 Å². The summed E-state index contributed by atoms with van der Waals surface area (Å²) in [6.07, 6.45) is 3.41. The highest BCUT2D eigenvalue weighted by Gasteiger charge is 2.03. The highest BCUT2D eigenvalue weighted by molar-refractivity contribution is 5.42. The SMILES string of the molecule is Cn1ccn(CCOc2ccccc2C#N)c1=O. The van der Waals surface area contributed by atoms with Gasteiger partial charge in [-0.15, -0.1) is 0 Å². The number of imidazole rings is 1. The number of rotatable bonds is 4. The van der Waals surface area contributed by atoms with E-state index in [9.17, 15) is 4.79 Å². The molecule has 0 aliphatic rings. The molecule has 0 amide bonds. The molecule has 92 valence electrons. The summed E-state index contributed by atoms with van der Waals surface area (Å²) in [7, 11) is 1.70. The Labute approximate surface area is 104 Å². The number of aryl methyl sites for hydroxylation is 1. The number of benzene rings is 1. The molecule has 0 bridgehead atoms. The predicted molar refractivity (Wildman–Crippen MR) is 66.3 cm³/mol. The van der Waals surface area contributed by atoms with Crippen molar-refractivity contribution in [2.75, 3.05) is 6.61 Å². The van der Waals surface area contributed by atoms with Gasteiger partial charge < -0.3 is 9.30 Å². The van der Waals surface area contributed by atoms with Gasteiger partial charge in [-0.3, -0.25) is 4.57 Å². The first-order valence-corrected chi connectivity index (χ1v) is 5.56. The first-order chi connectivity index (χ1) is 8.72. The normalized spacial score (nSPS) is 10.0. The average Bonchev–Trinajstić information content (AvgIpc) is 2.71. The largest absolute Gasteiger partial charge is 0.490 e. The Bertz CT molecular complexity index is 634. The van der Waals surface area contributed by atoms with E-state index in [2.05, 4.69) is 6.07 Å². The lowest BCUT2D eigenvalue weighted by Crippen LogP contribution is -2.24.